The van der Waals surface area contributed by atoms with Crippen molar-refractivity contribution in [2.45, 2.75) is 6.18 Å². The number of rotatable bonds is 2. The molecule has 0 aliphatic heterocycles. The zero-order valence-corrected chi connectivity index (χ0v) is 10.9. The highest BCUT2D eigenvalue weighted by molar-refractivity contribution is 6.02. The summed E-state index contributed by atoms with van der Waals surface area (Å²) in [5.41, 5.74) is 7.71. The number of aliphatic imine (C=N–C) groups is 1. The van der Waals surface area contributed by atoms with Gasteiger partial charge in [0.1, 0.15) is 5.82 Å². The summed E-state index contributed by atoms with van der Waals surface area (Å²) in [4.78, 5) is 13.8. The molecule has 0 aromatic heterocycles. The third-order valence-electron chi connectivity index (χ3n) is 2.04. The Balaban J connectivity index is 0.00000400. The Kier molecular flexibility index (Phi) is 6.30. The molecule has 0 aliphatic carbocycles. The summed E-state index contributed by atoms with van der Waals surface area (Å²) >= 11 is 0. The van der Waals surface area contributed by atoms with Gasteiger partial charge in [-0.3, -0.25) is 4.79 Å². The van der Waals surface area contributed by atoms with E-state index < -0.39 is 40.8 Å². The van der Waals surface area contributed by atoms with Crippen LogP contribution in [0.1, 0.15) is 11.1 Å². The van der Waals surface area contributed by atoms with Crippen LogP contribution in [0.15, 0.2) is 29.0 Å². The maximum Gasteiger partial charge on any atom is 0.416 e. The molecule has 0 aliphatic rings. The third kappa shape index (κ3) is 5.38. The monoisotopic (exact) mass is 329 g/mol. The van der Waals surface area contributed by atoms with E-state index in [1.165, 1.54) is 0 Å². The molecule has 0 heterocycles. The summed E-state index contributed by atoms with van der Waals surface area (Å²) < 4.78 is 63.8. The van der Waals surface area contributed by atoms with Gasteiger partial charge in [-0.2, -0.15) is 18.2 Å². The molecule has 1 aromatic rings. The van der Waals surface area contributed by atoms with Gasteiger partial charge < -0.3 is 11.5 Å². The number of guanidine groups is 1. The van der Waals surface area contributed by atoms with Gasteiger partial charge in [-0.25, -0.2) is 8.78 Å². The van der Waals surface area contributed by atoms with Crippen molar-refractivity contribution in [2.24, 2.45) is 16.5 Å². The van der Waals surface area contributed by atoms with Crippen molar-refractivity contribution in [1.29, 1.82) is 0 Å². The lowest BCUT2D eigenvalue weighted by molar-refractivity contribution is -0.137. The first-order chi connectivity index (χ1) is 9.11. The number of carbonyl (C=O) groups is 1. The minimum Gasteiger partial charge on any atom is -0.370 e. The number of benzene rings is 1. The van der Waals surface area contributed by atoms with E-state index in [0.717, 1.165) is 0 Å². The maximum absolute atomic E-state index is 13.3. The SMILES string of the molecule is Cl.NC(N)=NC(=O)/C(F)=C/c1cc(C(F)(F)F)ccc1F. The topological polar surface area (TPSA) is 81.5 Å². The van der Waals surface area contributed by atoms with E-state index in [1.54, 1.807) is 0 Å². The first kappa shape index (κ1) is 18.8. The molecule has 0 saturated carbocycles. The van der Waals surface area contributed by atoms with Crippen molar-refractivity contribution < 1.29 is 26.7 Å². The average Bonchev–Trinajstić information content (AvgIpc) is 2.29. The van der Waals surface area contributed by atoms with Gasteiger partial charge in [0.25, 0.3) is 0 Å². The molecule has 1 amide bonds. The second-order valence-corrected chi connectivity index (χ2v) is 3.57. The lowest BCUT2D eigenvalue weighted by atomic mass is 10.1. The lowest BCUT2D eigenvalue weighted by Gasteiger charge is -2.07. The second kappa shape index (κ2) is 7.02. The number of halogens is 6. The van der Waals surface area contributed by atoms with Crippen molar-refractivity contribution in [3.05, 3.63) is 41.0 Å². The molecule has 0 unspecified atom stereocenters. The Labute approximate surface area is 121 Å². The summed E-state index contributed by atoms with van der Waals surface area (Å²) in [7, 11) is 0. The summed E-state index contributed by atoms with van der Waals surface area (Å²) in [5.74, 6) is -4.99. The van der Waals surface area contributed by atoms with Crippen LogP contribution in [0.4, 0.5) is 22.0 Å². The normalized spacial score (nSPS) is 11.6. The van der Waals surface area contributed by atoms with Crippen LogP contribution in [-0.4, -0.2) is 11.9 Å². The first-order valence-corrected chi connectivity index (χ1v) is 4.99. The average molecular weight is 330 g/mol. The zero-order chi connectivity index (χ0) is 15.5. The Morgan fingerprint density at radius 2 is 1.81 bits per heavy atom. The predicted molar refractivity (Wildman–Crippen MR) is 68.6 cm³/mol. The number of carbonyl (C=O) groups excluding carboxylic acids is 1. The van der Waals surface area contributed by atoms with E-state index in [2.05, 4.69) is 4.99 Å². The van der Waals surface area contributed by atoms with Gasteiger partial charge in [0.05, 0.1) is 5.56 Å². The van der Waals surface area contributed by atoms with Crippen molar-refractivity contribution in [1.82, 2.24) is 0 Å². The molecule has 0 atom stereocenters. The van der Waals surface area contributed by atoms with Crippen molar-refractivity contribution in [2.75, 3.05) is 0 Å². The number of amides is 1. The highest BCUT2D eigenvalue weighted by atomic mass is 35.5. The van der Waals surface area contributed by atoms with Crippen LogP contribution in [0.5, 0.6) is 0 Å². The quantitative estimate of drug-likeness (QED) is 0.378. The molecule has 4 N–H and O–H groups in total. The van der Waals surface area contributed by atoms with Crippen LogP contribution in [0.2, 0.25) is 0 Å². The second-order valence-electron chi connectivity index (χ2n) is 3.57. The number of alkyl halides is 3. The number of hydrogen-bond acceptors (Lipinski definition) is 1. The molecule has 0 saturated heterocycles. The largest absolute Gasteiger partial charge is 0.416 e. The Bertz CT molecular complexity index is 594. The molecular formula is C11H9ClF5N3O. The lowest BCUT2D eigenvalue weighted by Crippen LogP contribution is -2.24. The predicted octanol–water partition coefficient (Wildman–Crippen LogP) is 2.38. The van der Waals surface area contributed by atoms with Crippen LogP contribution < -0.4 is 11.5 Å². The molecular weight excluding hydrogens is 321 g/mol. The van der Waals surface area contributed by atoms with E-state index in [1.807, 2.05) is 0 Å². The van der Waals surface area contributed by atoms with Gasteiger partial charge in [-0.1, -0.05) is 0 Å². The van der Waals surface area contributed by atoms with Gasteiger partial charge >= 0.3 is 12.1 Å². The fourth-order valence-corrected chi connectivity index (χ4v) is 1.20. The Hall–Kier alpha value is -2.16. The fourth-order valence-electron chi connectivity index (χ4n) is 1.20. The highest BCUT2D eigenvalue weighted by Gasteiger charge is 2.31. The minimum atomic E-state index is -4.73. The summed E-state index contributed by atoms with van der Waals surface area (Å²) in [5, 5.41) is 0. The molecule has 0 radical (unpaired) electrons. The van der Waals surface area contributed by atoms with Gasteiger partial charge in [0, 0.05) is 5.56 Å². The molecule has 0 fully saturated rings. The summed E-state index contributed by atoms with van der Waals surface area (Å²) in [6.07, 6.45) is -4.45. The van der Waals surface area contributed by atoms with Crippen LogP contribution >= 0.6 is 12.4 Å². The van der Waals surface area contributed by atoms with Crippen molar-refractivity contribution in [3.8, 4) is 0 Å². The molecule has 116 valence electrons. The van der Waals surface area contributed by atoms with Gasteiger partial charge in [0.15, 0.2) is 11.8 Å². The van der Waals surface area contributed by atoms with E-state index in [-0.39, 0.29) is 18.5 Å². The highest BCUT2D eigenvalue weighted by Crippen LogP contribution is 2.30. The molecule has 0 spiro atoms. The smallest absolute Gasteiger partial charge is 0.370 e. The third-order valence-corrected chi connectivity index (χ3v) is 2.04. The van der Waals surface area contributed by atoms with Gasteiger partial charge in [-0.15, -0.1) is 12.4 Å². The molecule has 0 bridgehead atoms. The van der Waals surface area contributed by atoms with Crippen LogP contribution in [-0.2, 0) is 11.0 Å². The molecule has 1 aromatic carbocycles. The van der Waals surface area contributed by atoms with E-state index in [0.29, 0.717) is 18.2 Å². The molecule has 10 heteroatoms. The van der Waals surface area contributed by atoms with Crippen LogP contribution in [0, 0.1) is 5.82 Å². The van der Waals surface area contributed by atoms with E-state index in [4.69, 9.17) is 11.5 Å². The van der Waals surface area contributed by atoms with Gasteiger partial charge in [0.2, 0.25) is 0 Å². The van der Waals surface area contributed by atoms with Crippen molar-refractivity contribution in [3.63, 3.8) is 0 Å². The van der Waals surface area contributed by atoms with Crippen molar-refractivity contribution >= 4 is 30.3 Å². The molecule has 4 nitrogen and oxygen atoms in total. The minimum absolute atomic E-state index is 0. The first-order valence-electron chi connectivity index (χ1n) is 4.99. The maximum atomic E-state index is 13.3. The molecule has 21 heavy (non-hydrogen) atoms. The van der Waals surface area contributed by atoms with Gasteiger partial charge in [-0.05, 0) is 24.3 Å². The standard InChI is InChI=1S/C11H8F5N3O.ClH/c12-7-2-1-6(11(14,15)16)3-5(7)4-8(13)9(20)19-10(17)18;/h1-4H,(H4,17,18,19,20);1H/b8-4-;. The molecule has 1 rings (SSSR count). The van der Waals surface area contributed by atoms with Crippen LogP contribution in [0.25, 0.3) is 6.08 Å². The van der Waals surface area contributed by atoms with E-state index in [9.17, 15) is 26.7 Å². The summed E-state index contributed by atoms with van der Waals surface area (Å²) in [6.45, 7) is 0. The number of hydrogen-bond donors (Lipinski definition) is 2. The zero-order valence-electron chi connectivity index (χ0n) is 10.1. The van der Waals surface area contributed by atoms with E-state index >= 15 is 0 Å². The van der Waals surface area contributed by atoms with Crippen LogP contribution in [0.3, 0.4) is 0 Å². The number of nitrogens with two attached hydrogens (primary N) is 2. The fraction of sp³-hybridized carbons (Fsp3) is 0.0909. The summed E-state index contributed by atoms with van der Waals surface area (Å²) in [6, 6.07) is 1.35. The Morgan fingerprint density at radius 1 is 1.24 bits per heavy atom. The number of nitrogens with zero attached hydrogens (tertiary/aromatic N) is 1. The Morgan fingerprint density at radius 3 is 2.29 bits per heavy atom.